The molecule has 0 aromatic heterocycles. The first-order valence-corrected chi connectivity index (χ1v) is 5.38. The number of phenols is 1. The van der Waals surface area contributed by atoms with E-state index < -0.39 is 0 Å². The number of carbonyl (C=O) groups excluding carboxylic acids is 1. The minimum absolute atomic E-state index is 0.0394. The van der Waals surface area contributed by atoms with Gasteiger partial charge in [0.05, 0.1) is 0 Å². The third-order valence-corrected chi connectivity index (χ3v) is 2.43. The number of carbonyl (C=O) groups is 1. The molecule has 2 nitrogen and oxygen atoms in total. The number of allylic oxidation sites excluding steroid dienone is 5. The lowest BCUT2D eigenvalue weighted by Crippen LogP contribution is -1.90. The molecule has 88 valence electrons. The quantitative estimate of drug-likeness (QED) is 0.632. The first-order chi connectivity index (χ1) is 8.04. The Hall–Kier alpha value is -2.09. The van der Waals surface area contributed by atoms with Gasteiger partial charge in [0.15, 0.2) is 5.78 Å². The molecular formula is C15H16O2. The third-order valence-electron chi connectivity index (χ3n) is 2.43. The van der Waals surface area contributed by atoms with Gasteiger partial charge in [-0.2, -0.15) is 0 Å². The number of benzene rings is 1. The lowest BCUT2D eigenvalue weighted by molar-refractivity contribution is -0.113. The van der Waals surface area contributed by atoms with Crippen LogP contribution in [0.4, 0.5) is 0 Å². The normalized spacial score (nSPS) is 11.8. The summed E-state index contributed by atoms with van der Waals surface area (Å²) in [7, 11) is 0. The van der Waals surface area contributed by atoms with E-state index in [4.69, 9.17) is 0 Å². The van der Waals surface area contributed by atoms with Crippen molar-refractivity contribution in [3.63, 3.8) is 0 Å². The molecule has 1 aromatic carbocycles. The molecule has 0 bridgehead atoms. The molecule has 0 saturated carbocycles. The van der Waals surface area contributed by atoms with Gasteiger partial charge in [-0.3, -0.25) is 4.79 Å². The molecule has 0 unspecified atom stereocenters. The second-order valence-corrected chi connectivity index (χ2v) is 3.71. The van der Waals surface area contributed by atoms with Gasteiger partial charge in [0, 0.05) is 5.57 Å². The first-order valence-electron chi connectivity index (χ1n) is 5.38. The van der Waals surface area contributed by atoms with Crippen molar-refractivity contribution in [2.24, 2.45) is 0 Å². The van der Waals surface area contributed by atoms with Gasteiger partial charge in [0.2, 0.25) is 0 Å². The van der Waals surface area contributed by atoms with Crippen LogP contribution in [0.2, 0.25) is 0 Å². The summed E-state index contributed by atoms with van der Waals surface area (Å²) in [6.07, 6.45) is 5.48. The largest absolute Gasteiger partial charge is 0.508 e. The van der Waals surface area contributed by atoms with Gasteiger partial charge in [-0.15, -0.1) is 0 Å². The molecule has 0 saturated heterocycles. The van der Waals surface area contributed by atoms with E-state index in [1.165, 1.54) is 6.92 Å². The fourth-order valence-corrected chi connectivity index (χ4v) is 1.32. The number of aromatic hydroxyl groups is 1. The predicted molar refractivity (Wildman–Crippen MR) is 70.7 cm³/mol. The van der Waals surface area contributed by atoms with Crippen LogP contribution in [-0.2, 0) is 4.79 Å². The topological polar surface area (TPSA) is 37.3 Å². The fraction of sp³-hybridized carbons (Fsp3) is 0.133. The van der Waals surface area contributed by atoms with Gasteiger partial charge in [-0.25, -0.2) is 0 Å². The Morgan fingerprint density at radius 3 is 2.29 bits per heavy atom. The Labute approximate surface area is 102 Å². The Kier molecular flexibility index (Phi) is 4.46. The number of phenolic OH excluding ortho intramolecular Hbond substituents is 1. The van der Waals surface area contributed by atoms with Crippen molar-refractivity contribution in [1.82, 2.24) is 0 Å². The third kappa shape index (κ3) is 3.76. The van der Waals surface area contributed by atoms with Gasteiger partial charge >= 0.3 is 0 Å². The van der Waals surface area contributed by atoms with Crippen molar-refractivity contribution in [3.8, 4) is 5.75 Å². The molecule has 0 heterocycles. The average Bonchev–Trinajstić information content (AvgIpc) is 2.31. The number of Topliss-reactive ketones (excluding diaryl/α,β-unsaturated/α-hetero) is 1. The van der Waals surface area contributed by atoms with Gasteiger partial charge in [-0.05, 0) is 37.1 Å². The molecule has 0 atom stereocenters. The van der Waals surface area contributed by atoms with Gasteiger partial charge < -0.3 is 5.11 Å². The van der Waals surface area contributed by atoms with Crippen LogP contribution in [-0.4, -0.2) is 10.9 Å². The molecular weight excluding hydrogens is 212 g/mol. The zero-order valence-electron chi connectivity index (χ0n) is 10.1. The highest BCUT2D eigenvalue weighted by Gasteiger charge is 1.99. The number of hydrogen-bond donors (Lipinski definition) is 1. The molecule has 0 aliphatic rings. The maximum atomic E-state index is 11.0. The Morgan fingerprint density at radius 1 is 1.24 bits per heavy atom. The smallest absolute Gasteiger partial charge is 0.159 e. The van der Waals surface area contributed by atoms with Crippen LogP contribution in [0.5, 0.6) is 5.75 Å². The number of hydrogen-bond acceptors (Lipinski definition) is 2. The highest BCUT2D eigenvalue weighted by atomic mass is 16.3. The Balaban J connectivity index is 2.91. The molecule has 0 amide bonds. The van der Waals surface area contributed by atoms with Gasteiger partial charge in [0.1, 0.15) is 5.75 Å². The van der Waals surface area contributed by atoms with Crippen LogP contribution in [0.25, 0.3) is 5.57 Å². The van der Waals surface area contributed by atoms with Crippen LogP contribution < -0.4 is 0 Å². The van der Waals surface area contributed by atoms with Crippen LogP contribution in [0.1, 0.15) is 19.4 Å². The highest BCUT2D eigenvalue weighted by molar-refractivity contribution is 5.96. The first kappa shape index (κ1) is 13.0. The maximum absolute atomic E-state index is 11.0. The zero-order valence-corrected chi connectivity index (χ0v) is 10.1. The van der Waals surface area contributed by atoms with Crippen LogP contribution in [0.3, 0.4) is 0 Å². The molecule has 1 N–H and O–H groups in total. The molecule has 0 radical (unpaired) electrons. The summed E-state index contributed by atoms with van der Waals surface area (Å²) < 4.78 is 0. The molecule has 17 heavy (non-hydrogen) atoms. The summed E-state index contributed by atoms with van der Waals surface area (Å²) in [4.78, 5) is 11.0. The predicted octanol–water partition coefficient (Wildman–Crippen LogP) is 3.50. The van der Waals surface area contributed by atoms with Crippen molar-refractivity contribution in [2.75, 3.05) is 0 Å². The summed E-state index contributed by atoms with van der Waals surface area (Å²) in [5, 5.41) is 9.21. The number of rotatable bonds is 4. The molecule has 2 heteroatoms. The summed E-state index contributed by atoms with van der Waals surface area (Å²) in [5.74, 6) is 0.198. The lowest BCUT2D eigenvalue weighted by atomic mass is 10.0. The summed E-state index contributed by atoms with van der Waals surface area (Å²) in [6, 6.07) is 6.91. The number of ketones is 1. The maximum Gasteiger partial charge on any atom is 0.159 e. The summed E-state index contributed by atoms with van der Waals surface area (Å²) in [6.45, 7) is 7.07. The molecule has 0 fully saturated rings. The summed E-state index contributed by atoms with van der Waals surface area (Å²) in [5.41, 5.74) is 2.44. The molecule has 1 rings (SSSR count). The second-order valence-electron chi connectivity index (χ2n) is 3.71. The molecule has 0 aliphatic carbocycles. The standard InChI is InChI=1S/C15H16O2/c1-4-13(6-5-11(2)12(3)16)14-7-9-15(17)10-8-14/h4-10,17H,2H2,1,3H3/b6-5-,13-4+. The van der Waals surface area contributed by atoms with Gasteiger partial charge in [0.25, 0.3) is 0 Å². The van der Waals surface area contributed by atoms with Crippen LogP contribution in [0, 0.1) is 0 Å². The van der Waals surface area contributed by atoms with Crippen LogP contribution in [0.15, 0.2) is 54.6 Å². The van der Waals surface area contributed by atoms with E-state index in [1.54, 1.807) is 18.2 Å². The van der Waals surface area contributed by atoms with Gasteiger partial charge in [-0.1, -0.05) is 36.9 Å². The van der Waals surface area contributed by atoms with Crippen LogP contribution >= 0.6 is 0 Å². The minimum Gasteiger partial charge on any atom is -0.508 e. The zero-order chi connectivity index (χ0) is 12.8. The fourth-order valence-electron chi connectivity index (χ4n) is 1.32. The van der Waals surface area contributed by atoms with E-state index >= 15 is 0 Å². The highest BCUT2D eigenvalue weighted by Crippen LogP contribution is 2.19. The van der Waals surface area contributed by atoms with Crippen molar-refractivity contribution < 1.29 is 9.90 Å². The van der Waals surface area contributed by atoms with Crippen molar-refractivity contribution >= 4 is 11.4 Å². The molecule has 0 aliphatic heterocycles. The minimum atomic E-state index is -0.0394. The molecule has 1 aromatic rings. The molecule has 0 spiro atoms. The lowest BCUT2D eigenvalue weighted by Gasteiger charge is -2.02. The van der Waals surface area contributed by atoms with E-state index in [0.29, 0.717) is 5.57 Å². The van der Waals surface area contributed by atoms with E-state index in [2.05, 4.69) is 6.58 Å². The Bertz CT molecular complexity index is 476. The van der Waals surface area contributed by atoms with E-state index in [0.717, 1.165) is 11.1 Å². The SMILES string of the molecule is C=C(/C=C\C(=C/C)c1ccc(O)cc1)C(C)=O. The van der Waals surface area contributed by atoms with Crippen molar-refractivity contribution in [2.45, 2.75) is 13.8 Å². The second kappa shape index (κ2) is 5.85. The Morgan fingerprint density at radius 2 is 1.82 bits per heavy atom. The van der Waals surface area contributed by atoms with E-state index in [-0.39, 0.29) is 11.5 Å². The average molecular weight is 228 g/mol. The van der Waals surface area contributed by atoms with E-state index in [9.17, 15) is 9.90 Å². The summed E-state index contributed by atoms with van der Waals surface area (Å²) >= 11 is 0. The monoisotopic (exact) mass is 228 g/mol. The van der Waals surface area contributed by atoms with Crippen molar-refractivity contribution in [1.29, 1.82) is 0 Å². The van der Waals surface area contributed by atoms with Crippen molar-refractivity contribution in [3.05, 3.63) is 60.2 Å². The van der Waals surface area contributed by atoms with E-state index in [1.807, 2.05) is 31.2 Å².